The van der Waals surface area contributed by atoms with Gasteiger partial charge in [0.05, 0.1) is 6.61 Å². The average Bonchev–Trinajstić information content (AvgIpc) is 2.81. The highest BCUT2D eigenvalue weighted by Crippen LogP contribution is 2.38. The first-order valence-corrected chi connectivity index (χ1v) is 6.40. The summed E-state index contributed by atoms with van der Waals surface area (Å²) in [5.41, 5.74) is 0.968. The summed E-state index contributed by atoms with van der Waals surface area (Å²) in [6.45, 7) is 3.07. The number of benzene rings is 1. The third kappa shape index (κ3) is 1.95. The molecule has 0 aliphatic carbocycles. The lowest BCUT2D eigenvalue weighted by atomic mass is 10.1. The lowest BCUT2D eigenvalue weighted by Gasteiger charge is -2.26. The fraction of sp³-hybridized carbons (Fsp3) is 0.417. The van der Waals surface area contributed by atoms with Crippen LogP contribution in [-0.4, -0.2) is 24.9 Å². The van der Waals surface area contributed by atoms with Crippen molar-refractivity contribution in [2.45, 2.75) is 11.8 Å². The molecule has 1 N–H and O–H groups in total. The fourth-order valence-electron chi connectivity index (χ4n) is 1.82. The van der Waals surface area contributed by atoms with Gasteiger partial charge in [-0.15, -0.1) is 11.8 Å². The van der Waals surface area contributed by atoms with E-state index in [9.17, 15) is 4.79 Å². The minimum absolute atomic E-state index is 0.191. The molecule has 1 fully saturated rings. The first kappa shape index (κ1) is 11.5. The molecule has 0 amide bonds. The highest BCUT2D eigenvalue weighted by molar-refractivity contribution is 8.01. The molecule has 0 radical (unpaired) electrons. The van der Waals surface area contributed by atoms with Crippen LogP contribution in [0, 0.1) is 0 Å². The first-order chi connectivity index (χ1) is 7.79. The molecule has 1 aromatic carbocycles. The quantitative estimate of drug-likeness (QED) is 0.813. The van der Waals surface area contributed by atoms with Crippen molar-refractivity contribution in [3.8, 4) is 0 Å². The molecule has 1 aliphatic rings. The number of rotatable bonds is 3. The van der Waals surface area contributed by atoms with E-state index in [1.54, 1.807) is 11.8 Å². The van der Waals surface area contributed by atoms with Crippen LogP contribution in [-0.2, 0) is 14.4 Å². The van der Waals surface area contributed by atoms with Crippen molar-refractivity contribution in [1.29, 1.82) is 0 Å². The highest BCUT2D eigenvalue weighted by Gasteiger charge is 2.44. The summed E-state index contributed by atoms with van der Waals surface area (Å²) in [6.07, 6.45) is 0. The molecule has 1 saturated heterocycles. The zero-order valence-corrected chi connectivity index (χ0v) is 10.0. The molecule has 4 heteroatoms. The van der Waals surface area contributed by atoms with E-state index in [-0.39, 0.29) is 5.97 Å². The normalized spacial score (nSPS) is 24.3. The Kier molecular flexibility index (Phi) is 3.51. The van der Waals surface area contributed by atoms with Crippen LogP contribution < -0.4 is 5.32 Å². The van der Waals surface area contributed by atoms with Crippen molar-refractivity contribution in [2.75, 3.05) is 18.9 Å². The van der Waals surface area contributed by atoms with Crippen molar-refractivity contribution in [1.82, 2.24) is 5.32 Å². The number of hydrogen-bond donors (Lipinski definition) is 1. The summed E-state index contributed by atoms with van der Waals surface area (Å²) in [6, 6.07) is 9.75. The third-order valence-corrected chi connectivity index (χ3v) is 3.93. The molecule has 86 valence electrons. The van der Waals surface area contributed by atoms with Crippen LogP contribution >= 0.6 is 11.8 Å². The van der Waals surface area contributed by atoms with Gasteiger partial charge in [-0.1, -0.05) is 30.3 Å². The number of hydrogen-bond acceptors (Lipinski definition) is 4. The molecule has 1 aromatic rings. The highest BCUT2D eigenvalue weighted by atomic mass is 32.2. The smallest absolute Gasteiger partial charge is 0.341 e. The van der Waals surface area contributed by atoms with Gasteiger partial charge in [0.25, 0.3) is 0 Å². The summed E-state index contributed by atoms with van der Waals surface area (Å²) < 4.78 is 5.16. The lowest BCUT2D eigenvalue weighted by molar-refractivity contribution is -0.147. The number of nitrogens with one attached hydrogen (secondary N) is 1. The van der Waals surface area contributed by atoms with Crippen LogP contribution in [0.1, 0.15) is 12.5 Å². The second-order valence-electron chi connectivity index (χ2n) is 3.54. The zero-order chi connectivity index (χ0) is 11.4. The summed E-state index contributed by atoms with van der Waals surface area (Å²) >= 11 is 1.61. The Balaban J connectivity index is 2.32. The van der Waals surface area contributed by atoms with E-state index in [2.05, 4.69) is 5.32 Å². The number of carbonyl (C=O) groups excluding carboxylic acids is 1. The van der Waals surface area contributed by atoms with Crippen molar-refractivity contribution in [3.63, 3.8) is 0 Å². The van der Waals surface area contributed by atoms with E-state index >= 15 is 0 Å². The van der Waals surface area contributed by atoms with Crippen LogP contribution in [0.2, 0.25) is 0 Å². The molecule has 1 heterocycles. The minimum Gasteiger partial charge on any atom is -0.464 e. The van der Waals surface area contributed by atoms with Gasteiger partial charge >= 0.3 is 5.97 Å². The Hall–Kier alpha value is -1.00. The number of thioether (sulfide) groups is 1. The summed E-state index contributed by atoms with van der Waals surface area (Å²) in [5.74, 6) is 0.733. The van der Waals surface area contributed by atoms with E-state index in [4.69, 9.17) is 4.74 Å². The maximum atomic E-state index is 12.1. The maximum Gasteiger partial charge on any atom is 0.341 e. The molecular weight excluding hydrogens is 222 g/mol. The Morgan fingerprint density at radius 1 is 1.50 bits per heavy atom. The van der Waals surface area contributed by atoms with Gasteiger partial charge in [-0.3, -0.25) is 5.32 Å². The third-order valence-electron chi connectivity index (χ3n) is 2.54. The molecule has 16 heavy (non-hydrogen) atoms. The SMILES string of the molecule is CCOC(=O)C1(c2ccccc2)NCCS1. The lowest BCUT2D eigenvalue weighted by Crippen LogP contribution is -2.43. The predicted octanol–water partition coefficient (Wildman–Crippen LogP) is 1.74. The van der Waals surface area contributed by atoms with Crippen molar-refractivity contribution < 1.29 is 9.53 Å². The Bertz CT molecular complexity index is 361. The second kappa shape index (κ2) is 4.89. The second-order valence-corrected chi connectivity index (χ2v) is 4.85. The van der Waals surface area contributed by atoms with Gasteiger partial charge in [0.2, 0.25) is 0 Å². The Morgan fingerprint density at radius 3 is 2.81 bits per heavy atom. The molecular formula is C12H15NO2S. The molecule has 3 nitrogen and oxygen atoms in total. The zero-order valence-electron chi connectivity index (χ0n) is 9.23. The molecule has 1 atom stereocenters. The van der Waals surface area contributed by atoms with Gasteiger partial charge in [-0.05, 0) is 12.5 Å². The van der Waals surface area contributed by atoms with Crippen molar-refractivity contribution in [3.05, 3.63) is 35.9 Å². The standard InChI is InChI=1S/C12H15NO2S/c1-2-15-11(14)12(13-8-9-16-12)10-6-4-3-5-7-10/h3-7,13H,2,8-9H2,1H3. The van der Waals surface area contributed by atoms with Gasteiger partial charge in [-0.25, -0.2) is 4.79 Å². The van der Waals surface area contributed by atoms with Crippen molar-refractivity contribution >= 4 is 17.7 Å². The maximum absolute atomic E-state index is 12.1. The molecule has 1 aliphatic heterocycles. The van der Waals surface area contributed by atoms with Gasteiger partial charge in [-0.2, -0.15) is 0 Å². The van der Waals surface area contributed by atoms with Crippen molar-refractivity contribution in [2.24, 2.45) is 0 Å². The molecule has 2 rings (SSSR count). The van der Waals surface area contributed by atoms with Gasteiger partial charge in [0, 0.05) is 12.3 Å². The topological polar surface area (TPSA) is 38.3 Å². The van der Waals surface area contributed by atoms with Crippen LogP contribution in [0.15, 0.2) is 30.3 Å². The number of esters is 1. The van der Waals surface area contributed by atoms with E-state index < -0.39 is 4.87 Å². The molecule has 0 aromatic heterocycles. The van der Waals surface area contributed by atoms with Crippen LogP contribution in [0.4, 0.5) is 0 Å². The largest absolute Gasteiger partial charge is 0.464 e. The van der Waals surface area contributed by atoms with Gasteiger partial charge in [0.1, 0.15) is 0 Å². The molecule has 0 saturated carbocycles. The van der Waals surface area contributed by atoms with Gasteiger partial charge in [0.15, 0.2) is 4.87 Å². The minimum atomic E-state index is -0.697. The predicted molar refractivity (Wildman–Crippen MR) is 65.2 cm³/mol. The number of ether oxygens (including phenoxy) is 1. The van der Waals surface area contributed by atoms with Crippen LogP contribution in [0.3, 0.4) is 0 Å². The number of carbonyl (C=O) groups is 1. The summed E-state index contributed by atoms with van der Waals surface area (Å²) in [5, 5.41) is 3.26. The van der Waals surface area contributed by atoms with E-state index in [1.165, 1.54) is 0 Å². The van der Waals surface area contributed by atoms with Gasteiger partial charge < -0.3 is 4.74 Å². The molecule has 0 spiro atoms. The average molecular weight is 237 g/mol. The van der Waals surface area contributed by atoms with E-state index in [0.717, 1.165) is 17.9 Å². The van der Waals surface area contributed by atoms with Crippen LogP contribution in [0.25, 0.3) is 0 Å². The molecule has 1 unspecified atom stereocenters. The first-order valence-electron chi connectivity index (χ1n) is 5.41. The molecule has 0 bridgehead atoms. The monoisotopic (exact) mass is 237 g/mol. The Labute approximate surface area is 99.6 Å². The van der Waals surface area contributed by atoms with E-state index in [0.29, 0.717) is 6.61 Å². The van der Waals surface area contributed by atoms with Crippen LogP contribution in [0.5, 0.6) is 0 Å². The summed E-state index contributed by atoms with van der Waals surface area (Å²) in [7, 11) is 0. The van der Waals surface area contributed by atoms with E-state index in [1.807, 2.05) is 37.3 Å². The fourth-order valence-corrected chi connectivity index (χ4v) is 3.02. The summed E-state index contributed by atoms with van der Waals surface area (Å²) in [4.78, 5) is 11.4. The Morgan fingerprint density at radius 2 is 2.25 bits per heavy atom.